The van der Waals surface area contributed by atoms with Crippen LogP contribution in [-0.2, 0) is 11.3 Å². The second-order valence-electron chi connectivity index (χ2n) is 6.95. The molecule has 0 spiro atoms. The van der Waals surface area contributed by atoms with E-state index in [0.717, 1.165) is 22.6 Å². The minimum absolute atomic E-state index is 0.0827. The highest BCUT2D eigenvalue weighted by molar-refractivity contribution is 5.79. The normalized spacial score (nSPS) is 16.3. The van der Waals surface area contributed by atoms with Gasteiger partial charge in [-0.25, -0.2) is 0 Å². The summed E-state index contributed by atoms with van der Waals surface area (Å²) >= 11 is 0. The summed E-state index contributed by atoms with van der Waals surface area (Å²) in [5.74, 6) is 2.52. The Morgan fingerprint density at radius 2 is 2.00 bits per heavy atom. The van der Waals surface area contributed by atoms with Gasteiger partial charge in [0.1, 0.15) is 11.5 Å². The molecule has 1 unspecified atom stereocenters. The Labute approximate surface area is 169 Å². The largest absolute Gasteiger partial charge is 0.497 e. The topological polar surface area (TPSA) is 77.7 Å². The van der Waals surface area contributed by atoms with Crippen molar-refractivity contribution >= 4 is 5.91 Å². The SMILES string of the molecule is CCOc1cccc(CN2CC(c3noc(-c4cccc(OC)c4)n3)CC2=O)c1. The number of carbonyl (C=O) groups excluding carboxylic acids is 1. The summed E-state index contributed by atoms with van der Waals surface area (Å²) in [5.41, 5.74) is 1.83. The lowest BCUT2D eigenvalue weighted by atomic mass is 10.1. The van der Waals surface area contributed by atoms with Crippen molar-refractivity contribution in [3.8, 4) is 23.0 Å². The standard InChI is InChI=1S/C22H23N3O4/c1-3-28-19-9-4-6-15(10-19)13-25-14-17(12-20(25)26)21-23-22(29-24-21)16-7-5-8-18(11-16)27-2/h4-11,17H,3,12-14H2,1-2H3. The predicted molar refractivity (Wildman–Crippen MR) is 107 cm³/mol. The van der Waals surface area contributed by atoms with E-state index in [0.29, 0.717) is 37.8 Å². The zero-order valence-electron chi connectivity index (χ0n) is 16.5. The Hall–Kier alpha value is -3.35. The van der Waals surface area contributed by atoms with Gasteiger partial charge in [0.2, 0.25) is 5.91 Å². The zero-order valence-corrected chi connectivity index (χ0v) is 16.5. The Balaban J connectivity index is 1.45. The van der Waals surface area contributed by atoms with Crippen LogP contribution in [-0.4, -0.2) is 41.2 Å². The van der Waals surface area contributed by atoms with Crippen molar-refractivity contribution in [3.05, 3.63) is 59.9 Å². The Kier molecular flexibility index (Phi) is 5.46. The minimum Gasteiger partial charge on any atom is -0.497 e. The number of rotatable bonds is 7. The molecule has 1 aliphatic rings. The molecule has 0 bridgehead atoms. The van der Waals surface area contributed by atoms with Crippen LogP contribution in [0.25, 0.3) is 11.5 Å². The van der Waals surface area contributed by atoms with Crippen LogP contribution in [0, 0.1) is 0 Å². The molecule has 7 nitrogen and oxygen atoms in total. The van der Waals surface area contributed by atoms with Crippen molar-refractivity contribution < 1.29 is 18.8 Å². The van der Waals surface area contributed by atoms with E-state index in [1.165, 1.54) is 0 Å². The molecule has 0 aliphatic carbocycles. The first-order valence-electron chi connectivity index (χ1n) is 9.63. The quantitative estimate of drug-likeness (QED) is 0.610. The summed E-state index contributed by atoms with van der Waals surface area (Å²) in [6.45, 7) is 3.67. The molecule has 1 saturated heterocycles. The third kappa shape index (κ3) is 4.23. The maximum Gasteiger partial charge on any atom is 0.258 e. The zero-order chi connectivity index (χ0) is 20.2. The summed E-state index contributed by atoms with van der Waals surface area (Å²) < 4.78 is 16.2. The molecule has 29 heavy (non-hydrogen) atoms. The van der Waals surface area contributed by atoms with E-state index >= 15 is 0 Å². The third-order valence-electron chi connectivity index (χ3n) is 4.92. The fourth-order valence-corrected chi connectivity index (χ4v) is 3.49. The van der Waals surface area contributed by atoms with E-state index in [-0.39, 0.29) is 11.8 Å². The molecule has 1 aliphatic heterocycles. The number of nitrogens with zero attached hydrogens (tertiary/aromatic N) is 3. The maximum atomic E-state index is 12.5. The van der Waals surface area contributed by atoms with Crippen molar-refractivity contribution in [2.24, 2.45) is 0 Å². The molecule has 1 amide bonds. The average Bonchev–Trinajstić information content (AvgIpc) is 3.36. The van der Waals surface area contributed by atoms with Gasteiger partial charge in [-0.1, -0.05) is 23.4 Å². The molecular formula is C22H23N3O4. The van der Waals surface area contributed by atoms with E-state index in [2.05, 4.69) is 10.1 Å². The number of amides is 1. The predicted octanol–water partition coefficient (Wildman–Crippen LogP) is 3.66. The van der Waals surface area contributed by atoms with E-state index in [1.54, 1.807) is 7.11 Å². The molecule has 0 N–H and O–H groups in total. The van der Waals surface area contributed by atoms with E-state index < -0.39 is 0 Å². The second-order valence-corrected chi connectivity index (χ2v) is 6.95. The van der Waals surface area contributed by atoms with Crippen molar-refractivity contribution in [2.45, 2.75) is 25.8 Å². The summed E-state index contributed by atoms with van der Waals surface area (Å²) in [6.07, 6.45) is 0.377. The van der Waals surface area contributed by atoms with Gasteiger partial charge in [-0.15, -0.1) is 0 Å². The Bertz CT molecular complexity index is 1000. The second kappa shape index (κ2) is 8.34. The van der Waals surface area contributed by atoms with Gasteiger partial charge in [0.05, 0.1) is 13.7 Å². The monoisotopic (exact) mass is 393 g/mol. The molecule has 0 radical (unpaired) electrons. The van der Waals surface area contributed by atoms with Crippen LogP contribution in [0.15, 0.2) is 53.1 Å². The van der Waals surface area contributed by atoms with Crippen LogP contribution in [0.2, 0.25) is 0 Å². The fraction of sp³-hybridized carbons (Fsp3) is 0.318. The molecule has 150 valence electrons. The Morgan fingerprint density at radius 3 is 2.83 bits per heavy atom. The fourth-order valence-electron chi connectivity index (χ4n) is 3.49. The van der Waals surface area contributed by atoms with Gasteiger partial charge >= 0.3 is 0 Å². The van der Waals surface area contributed by atoms with E-state index in [9.17, 15) is 4.79 Å². The van der Waals surface area contributed by atoms with Gasteiger partial charge in [-0.3, -0.25) is 4.79 Å². The lowest BCUT2D eigenvalue weighted by Crippen LogP contribution is -2.24. The number of ether oxygens (including phenoxy) is 2. The van der Waals surface area contributed by atoms with Gasteiger partial charge in [0, 0.05) is 31.0 Å². The van der Waals surface area contributed by atoms with Crippen LogP contribution >= 0.6 is 0 Å². The van der Waals surface area contributed by atoms with Crippen molar-refractivity contribution in [2.75, 3.05) is 20.3 Å². The van der Waals surface area contributed by atoms with Gasteiger partial charge in [0.25, 0.3) is 5.89 Å². The lowest BCUT2D eigenvalue weighted by Gasteiger charge is -2.16. The first-order chi connectivity index (χ1) is 14.2. The molecule has 0 saturated carbocycles. The molecule has 1 fully saturated rings. The van der Waals surface area contributed by atoms with Crippen LogP contribution in [0.3, 0.4) is 0 Å². The molecular weight excluding hydrogens is 370 g/mol. The van der Waals surface area contributed by atoms with Gasteiger partial charge in [-0.2, -0.15) is 4.98 Å². The van der Waals surface area contributed by atoms with Crippen LogP contribution < -0.4 is 9.47 Å². The number of methoxy groups -OCH3 is 1. The first-order valence-corrected chi connectivity index (χ1v) is 9.63. The van der Waals surface area contributed by atoms with Gasteiger partial charge < -0.3 is 18.9 Å². The highest BCUT2D eigenvalue weighted by Gasteiger charge is 2.33. The summed E-state index contributed by atoms with van der Waals surface area (Å²) in [5, 5.41) is 4.12. The molecule has 1 atom stereocenters. The highest BCUT2D eigenvalue weighted by Crippen LogP contribution is 2.30. The molecule has 4 rings (SSSR count). The lowest BCUT2D eigenvalue weighted by molar-refractivity contribution is -0.128. The molecule has 3 aromatic rings. The Morgan fingerprint density at radius 1 is 1.17 bits per heavy atom. The van der Waals surface area contributed by atoms with E-state index in [4.69, 9.17) is 14.0 Å². The van der Waals surface area contributed by atoms with Crippen LogP contribution in [0.4, 0.5) is 0 Å². The summed E-state index contributed by atoms with van der Waals surface area (Å²) in [7, 11) is 1.61. The number of benzene rings is 2. The number of likely N-dealkylation sites (tertiary alicyclic amines) is 1. The molecule has 1 aromatic heterocycles. The number of aromatic nitrogens is 2. The van der Waals surface area contributed by atoms with Gasteiger partial charge in [0.15, 0.2) is 5.82 Å². The molecule has 2 aromatic carbocycles. The maximum absolute atomic E-state index is 12.5. The molecule has 2 heterocycles. The van der Waals surface area contributed by atoms with Crippen molar-refractivity contribution in [3.63, 3.8) is 0 Å². The third-order valence-corrected chi connectivity index (χ3v) is 4.92. The van der Waals surface area contributed by atoms with Crippen LogP contribution in [0.1, 0.15) is 30.7 Å². The average molecular weight is 393 g/mol. The van der Waals surface area contributed by atoms with E-state index in [1.807, 2.05) is 60.4 Å². The first kappa shape index (κ1) is 19.0. The smallest absolute Gasteiger partial charge is 0.258 e. The number of carbonyl (C=O) groups is 1. The number of hydrogen-bond acceptors (Lipinski definition) is 6. The number of hydrogen-bond donors (Lipinski definition) is 0. The minimum atomic E-state index is -0.0827. The van der Waals surface area contributed by atoms with Gasteiger partial charge in [-0.05, 0) is 42.8 Å². The highest BCUT2D eigenvalue weighted by atomic mass is 16.5. The molecule has 7 heteroatoms. The van der Waals surface area contributed by atoms with Crippen molar-refractivity contribution in [1.29, 1.82) is 0 Å². The van der Waals surface area contributed by atoms with Crippen LogP contribution in [0.5, 0.6) is 11.5 Å². The summed E-state index contributed by atoms with van der Waals surface area (Å²) in [4.78, 5) is 18.9. The van der Waals surface area contributed by atoms with Crippen molar-refractivity contribution in [1.82, 2.24) is 15.0 Å². The summed E-state index contributed by atoms with van der Waals surface area (Å²) in [6, 6.07) is 15.3.